The second-order valence-electron chi connectivity index (χ2n) is 5.68. The minimum absolute atomic E-state index is 0.450. The van der Waals surface area contributed by atoms with E-state index in [0.717, 1.165) is 28.2 Å². The van der Waals surface area contributed by atoms with Gasteiger partial charge >= 0.3 is 0 Å². The standard InChI is InChI=1S/C18H18N2O3/c1-12-19-14-4-2-3-5-15(14)20(12)11-16(21)13-6-7-17-18(10-13)23-9-8-22-17/h2-7,10,16,21H,8-9,11H2,1H3. The van der Waals surface area contributed by atoms with Crippen LogP contribution in [0.2, 0.25) is 0 Å². The van der Waals surface area contributed by atoms with Gasteiger partial charge in [-0.15, -0.1) is 0 Å². The lowest BCUT2D eigenvalue weighted by atomic mass is 10.1. The highest BCUT2D eigenvalue weighted by atomic mass is 16.6. The fourth-order valence-electron chi connectivity index (χ4n) is 2.97. The maximum absolute atomic E-state index is 10.6. The van der Waals surface area contributed by atoms with Crippen LogP contribution in [0.1, 0.15) is 17.5 Å². The molecule has 1 aliphatic heterocycles. The highest BCUT2D eigenvalue weighted by Gasteiger charge is 2.17. The zero-order valence-corrected chi connectivity index (χ0v) is 12.9. The Bertz CT molecular complexity index is 857. The van der Waals surface area contributed by atoms with Crippen LogP contribution in [-0.4, -0.2) is 27.9 Å². The van der Waals surface area contributed by atoms with E-state index in [9.17, 15) is 5.11 Å². The molecule has 0 spiro atoms. The first-order chi connectivity index (χ1) is 11.2. The summed E-state index contributed by atoms with van der Waals surface area (Å²) in [4.78, 5) is 4.54. The fourth-order valence-corrected chi connectivity index (χ4v) is 2.97. The van der Waals surface area contributed by atoms with Gasteiger partial charge in [-0.3, -0.25) is 0 Å². The molecule has 2 heterocycles. The van der Waals surface area contributed by atoms with Crippen molar-refractivity contribution < 1.29 is 14.6 Å². The molecule has 0 saturated heterocycles. The number of rotatable bonds is 3. The Morgan fingerprint density at radius 3 is 2.78 bits per heavy atom. The minimum Gasteiger partial charge on any atom is -0.486 e. The normalized spacial score (nSPS) is 14.9. The van der Waals surface area contributed by atoms with Crippen molar-refractivity contribution in [1.82, 2.24) is 9.55 Å². The molecular formula is C18H18N2O3. The van der Waals surface area contributed by atoms with Crippen LogP contribution in [0.25, 0.3) is 11.0 Å². The van der Waals surface area contributed by atoms with E-state index in [1.807, 2.05) is 54.0 Å². The predicted molar refractivity (Wildman–Crippen MR) is 86.9 cm³/mol. The highest BCUT2D eigenvalue weighted by molar-refractivity contribution is 5.75. The van der Waals surface area contributed by atoms with Crippen LogP contribution in [0.4, 0.5) is 0 Å². The molecule has 1 aromatic heterocycles. The fraction of sp³-hybridized carbons (Fsp3) is 0.278. The minimum atomic E-state index is -0.637. The van der Waals surface area contributed by atoms with Crippen LogP contribution in [0, 0.1) is 6.92 Å². The summed E-state index contributed by atoms with van der Waals surface area (Å²) < 4.78 is 13.1. The van der Waals surface area contributed by atoms with Crippen LogP contribution in [0.3, 0.4) is 0 Å². The van der Waals surface area contributed by atoms with Crippen LogP contribution in [0.15, 0.2) is 42.5 Å². The van der Waals surface area contributed by atoms with Crippen LogP contribution in [0.5, 0.6) is 11.5 Å². The summed E-state index contributed by atoms with van der Waals surface area (Å²) in [6.07, 6.45) is -0.637. The van der Waals surface area contributed by atoms with Gasteiger partial charge in [0.15, 0.2) is 11.5 Å². The second-order valence-corrected chi connectivity index (χ2v) is 5.68. The van der Waals surface area contributed by atoms with Crippen molar-refractivity contribution in [3.05, 3.63) is 53.9 Å². The monoisotopic (exact) mass is 310 g/mol. The van der Waals surface area contributed by atoms with Gasteiger partial charge in [-0.1, -0.05) is 18.2 Å². The third-order valence-corrected chi connectivity index (χ3v) is 4.15. The van der Waals surface area contributed by atoms with Gasteiger partial charge in [-0.05, 0) is 36.8 Å². The average molecular weight is 310 g/mol. The number of aliphatic hydroxyl groups is 1. The maximum atomic E-state index is 10.6. The molecular weight excluding hydrogens is 292 g/mol. The van der Waals surface area contributed by atoms with Crippen molar-refractivity contribution in [3.63, 3.8) is 0 Å². The molecule has 0 fully saturated rings. The molecule has 0 radical (unpaired) electrons. The highest BCUT2D eigenvalue weighted by Crippen LogP contribution is 2.33. The number of hydrogen-bond donors (Lipinski definition) is 1. The molecule has 118 valence electrons. The molecule has 0 aliphatic carbocycles. The molecule has 2 aromatic carbocycles. The molecule has 1 atom stereocenters. The maximum Gasteiger partial charge on any atom is 0.161 e. The first-order valence-electron chi connectivity index (χ1n) is 7.72. The Hall–Kier alpha value is -2.53. The third kappa shape index (κ3) is 2.53. The lowest BCUT2D eigenvalue weighted by Crippen LogP contribution is -2.16. The van der Waals surface area contributed by atoms with Crippen molar-refractivity contribution in [3.8, 4) is 11.5 Å². The molecule has 0 amide bonds. The number of nitrogens with zero attached hydrogens (tertiary/aromatic N) is 2. The quantitative estimate of drug-likeness (QED) is 0.808. The van der Waals surface area contributed by atoms with Crippen molar-refractivity contribution in [1.29, 1.82) is 0 Å². The summed E-state index contributed by atoms with van der Waals surface area (Å²) in [5, 5.41) is 10.6. The molecule has 5 heteroatoms. The largest absolute Gasteiger partial charge is 0.486 e. The molecule has 4 rings (SSSR count). The Kier molecular flexibility index (Phi) is 3.42. The van der Waals surface area contributed by atoms with Crippen molar-refractivity contribution in [2.75, 3.05) is 13.2 Å². The van der Waals surface area contributed by atoms with Gasteiger partial charge in [0.1, 0.15) is 19.0 Å². The number of aliphatic hydroxyl groups excluding tert-OH is 1. The van der Waals surface area contributed by atoms with E-state index >= 15 is 0 Å². The van der Waals surface area contributed by atoms with E-state index in [2.05, 4.69) is 4.98 Å². The van der Waals surface area contributed by atoms with Gasteiger partial charge in [0.2, 0.25) is 0 Å². The number of aryl methyl sites for hydroxylation is 1. The number of hydrogen-bond acceptors (Lipinski definition) is 4. The first kappa shape index (κ1) is 14.1. The molecule has 23 heavy (non-hydrogen) atoms. The Balaban J connectivity index is 1.64. The Morgan fingerprint density at radius 1 is 1.13 bits per heavy atom. The molecule has 1 N–H and O–H groups in total. The molecule has 1 unspecified atom stereocenters. The van der Waals surface area contributed by atoms with Crippen LogP contribution < -0.4 is 9.47 Å². The lowest BCUT2D eigenvalue weighted by molar-refractivity contribution is 0.152. The summed E-state index contributed by atoms with van der Waals surface area (Å²) in [5.74, 6) is 2.32. The van der Waals surface area contributed by atoms with Crippen LogP contribution >= 0.6 is 0 Å². The van der Waals surface area contributed by atoms with Crippen molar-refractivity contribution in [2.45, 2.75) is 19.6 Å². The Morgan fingerprint density at radius 2 is 1.91 bits per heavy atom. The predicted octanol–water partition coefficient (Wildman–Crippen LogP) is 2.85. The Labute approximate surface area is 134 Å². The van der Waals surface area contributed by atoms with Gasteiger partial charge in [-0.25, -0.2) is 4.98 Å². The van der Waals surface area contributed by atoms with Gasteiger partial charge in [0.25, 0.3) is 0 Å². The van der Waals surface area contributed by atoms with E-state index < -0.39 is 6.10 Å². The first-order valence-corrected chi connectivity index (χ1v) is 7.72. The summed E-state index contributed by atoms with van der Waals surface area (Å²) >= 11 is 0. The number of ether oxygens (including phenoxy) is 2. The SMILES string of the molecule is Cc1nc2ccccc2n1CC(O)c1ccc2c(c1)OCCO2. The average Bonchev–Trinajstić information content (AvgIpc) is 2.90. The lowest BCUT2D eigenvalue weighted by Gasteiger charge is -2.20. The van der Waals surface area contributed by atoms with Crippen molar-refractivity contribution in [2.24, 2.45) is 0 Å². The van der Waals surface area contributed by atoms with E-state index in [-0.39, 0.29) is 0 Å². The smallest absolute Gasteiger partial charge is 0.161 e. The molecule has 0 saturated carbocycles. The summed E-state index contributed by atoms with van der Waals surface area (Å²) in [7, 11) is 0. The zero-order valence-electron chi connectivity index (χ0n) is 12.9. The number of para-hydroxylation sites is 2. The molecule has 3 aromatic rings. The topological polar surface area (TPSA) is 56.5 Å². The number of aromatic nitrogens is 2. The number of imidazole rings is 1. The van der Waals surface area contributed by atoms with E-state index in [0.29, 0.717) is 25.5 Å². The van der Waals surface area contributed by atoms with E-state index in [1.165, 1.54) is 0 Å². The van der Waals surface area contributed by atoms with Gasteiger partial charge in [-0.2, -0.15) is 0 Å². The summed E-state index contributed by atoms with van der Waals surface area (Å²) in [5.41, 5.74) is 2.78. The molecule has 0 bridgehead atoms. The zero-order chi connectivity index (χ0) is 15.8. The van der Waals surface area contributed by atoms with Gasteiger partial charge in [0.05, 0.1) is 23.7 Å². The number of benzene rings is 2. The third-order valence-electron chi connectivity index (χ3n) is 4.15. The van der Waals surface area contributed by atoms with E-state index in [1.54, 1.807) is 0 Å². The second kappa shape index (κ2) is 5.59. The summed E-state index contributed by atoms with van der Waals surface area (Å²) in [6.45, 7) is 3.51. The molecule has 1 aliphatic rings. The van der Waals surface area contributed by atoms with Gasteiger partial charge in [0, 0.05) is 0 Å². The van der Waals surface area contributed by atoms with Gasteiger partial charge < -0.3 is 19.1 Å². The summed E-state index contributed by atoms with van der Waals surface area (Å²) in [6, 6.07) is 13.5. The number of fused-ring (bicyclic) bond motifs is 2. The molecule has 5 nitrogen and oxygen atoms in total. The van der Waals surface area contributed by atoms with Crippen molar-refractivity contribution >= 4 is 11.0 Å². The van der Waals surface area contributed by atoms with E-state index in [4.69, 9.17) is 9.47 Å². The van der Waals surface area contributed by atoms with Crippen LogP contribution in [-0.2, 0) is 6.54 Å².